The van der Waals surface area contributed by atoms with Crippen LogP contribution in [0.25, 0.3) is 11.2 Å². The van der Waals surface area contributed by atoms with Gasteiger partial charge in [0.05, 0.1) is 6.54 Å². The van der Waals surface area contributed by atoms with Crippen molar-refractivity contribution in [3.05, 3.63) is 41.0 Å². The first kappa shape index (κ1) is 10.2. The summed E-state index contributed by atoms with van der Waals surface area (Å²) in [6, 6.07) is 3.21. The molecule has 6 heteroatoms. The number of rotatable bonds is 3. The predicted octanol–water partition coefficient (Wildman–Crippen LogP) is 0.630. The number of carbonyl (C=O) groups is 1. The van der Waals surface area contributed by atoms with Crippen LogP contribution >= 0.6 is 0 Å². The third-order valence-electron chi connectivity index (χ3n) is 2.08. The van der Waals surface area contributed by atoms with E-state index in [4.69, 9.17) is 9.52 Å². The molecule has 0 fully saturated rings. The maximum absolute atomic E-state index is 11.4. The number of oxazole rings is 1. The highest BCUT2D eigenvalue weighted by atomic mass is 16.4. The summed E-state index contributed by atoms with van der Waals surface area (Å²) < 4.78 is 6.02. The average molecular weight is 220 g/mol. The molecule has 0 aliphatic carbocycles. The molecule has 0 amide bonds. The van der Waals surface area contributed by atoms with Gasteiger partial charge in [0, 0.05) is 11.8 Å². The first-order valence-corrected chi connectivity index (χ1v) is 4.45. The molecule has 0 atom stereocenters. The van der Waals surface area contributed by atoms with Crippen molar-refractivity contribution in [1.29, 1.82) is 0 Å². The maximum Gasteiger partial charge on any atom is 0.421 e. The third kappa shape index (κ3) is 1.60. The number of nitrogens with zero attached hydrogens (tertiary/aromatic N) is 2. The van der Waals surface area contributed by atoms with Crippen LogP contribution in [0.5, 0.6) is 0 Å². The van der Waals surface area contributed by atoms with E-state index in [1.165, 1.54) is 6.20 Å². The van der Waals surface area contributed by atoms with Crippen molar-refractivity contribution >= 4 is 17.2 Å². The zero-order valence-electron chi connectivity index (χ0n) is 8.21. The van der Waals surface area contributed by atoms with Gasteiger partial charge in [0.1, 0.15) is 0 Å². The molecule has 2 heterocycles. The van der Waals surface area contributed by atoms with Crippen LogP contribution in [0.3, 0.4) is 0 Å². The second-order valence-electron chi connectivity index (χ2n) is 3.19. The largest absolute Gasteiger partial charge is 0.478 e. The molecule has 0 bridgehead atoms. The number of hydrogen-bond acceptors (Lipinski definition) is 4. The molecule has 6 nitrogen and oxygen atoms in total. The van der Waals surface area contributed by atoms with E-state index in [1.54, 1.807) is 12.1 Å². The van der Waals surface area contributed by atoms with Crippen molar-refractivity contribution in [2.24, 2.45) is 0 Å². The minimum Gasteiger partial charge on any atom is -0.478 e. The van der Waals surface area contributed by atoms with Gasteiger partial charge in [-0.1, -0.05) is 6.58 Å². The van der Waals surface area contributed by atoms with E-state index in [1.807, 2.05) is 0 Å². The summed E-state index contributed by atoms with van der Waals surface area (Å²) in [5.74, 6) is -1.80. The van der Waals surface area contributed by atoms with Crippen LogP contribution in [0.4, 0.5) is 0 Å². The summed E-state index contributed by atoms with van der Waals surface area (Å²) in [7, 11) is 0. The fourth-order valence-electron chi connectivity index (χ4n) is 1.30. The zero-order valence-corrected chi connectivity index (χ0v) is 8.21. The van der Waals surface area contributed by atoms with Crippen LogP contribution in [0.1, 0.15) is 0 Å². The Kier molecular flexibility index (Phi) is 2.32. The first-order valence-electron chi connectivity index (χ1n) is 4.45. The van der Waals surface area contributed by atoms with Crippen molar-refractivity contribution in [2.75, 3.05) is 0 Å². The number of pyridine rings is 1. The predicted molar refractivity (Wildman–Crippen MR) is 55.0 cm³/mol. The van der Waals surface area contributed by atoms with Crippen LogP contribution in [0, 0.1) is 0 Å². The molecule has 0 aliphatic heterocycles. The van der Waals surface area contributed by atoms with E-state index in [0.29, 0.717) is 11.2 Å². The van der Waals surface area contributed by atoms with Gasteiger partial charge in [0.2, 0.25) is 0 Å². The Morgan fingerprint density at radius 1 is 1.62 bits per heavy atom. The van der Waals surface area contributed by atoms with Crippen LogP contribution < -0.4 is 5.76 Å². The third-order valence-corrected chi connectivity index (χ3v) is 2.08. The normalized spacial score (nSPS) is 10.5. The second-order valence-corrected chi connectivity index (χ2v) is 3.19. The Balaban J connectivity index is 2.52. The molecule has 82 valence electrons. The molecule has 0 aromatic carbocycles. The highest BCUT2D eigenvalue weighted by molar-refractivity contribution is 5.85. The topological polar surface area (TPSA) is 85.3 Å². The molecule has 2 aromatic heterocycles. The lowest BCUT2D eigenvalue weighted by molar-refractivity contribution is -0.132. The Bertz CT molecular complexity index is 623. The number of hydrogen-bond donors (Lipinski definition) is 1. The Morgan fingerprint density at radius 3 is 3.06 bits per heavy atom. The molecule has 0 unspecified atom stereocenters. The summed E-state index contributed by atoms with van der Waals surface area (Å²) in [5, 5.41) is 8.68. The average Bonchev–Trinajstić information content (AvgIpc) is 2.55. The van der Waals surface area contributed by atoms with E-state index in [2.05, 4.69) is 11.6 Å². The molecule has 0 saturated heterocycles. The summed E-state index contributed by atoms with van der Waals surface area (Å²) in [6.45, 7) is 3.21. The second kappa shape index (κ2) is 3.65. The Morgan fingerprint density at radius 2 is 2.38 bits per heavy atom. The molecule has 2 rings (SSSR count). The molecular formula is C10H8N2O4. The molecule has 1 N–H and O–H groups in total. The van der Waals surface area contributed by atoms with E-state index in [0.717, 1.165) is 4.57 Å². The zero-order chi connectivity index (χ0) is 11.7. The van der Waals surface area contributed by atoms with Crippen molar-refractivity contribution in [1.82, 2.24) is 9.55 Å². The molecule has 0 saturated carbocycles. The summed E-state index contributed by atoms with van der Waals surface area (Å²) in [4.78, 5) is 26.0. The van der Waals surface area contributed by atoms with E-state index in [-0.39, 0.29) is 12.1 Å². The molecule has 0 spiro atoms. The van der Waals surface area contributed by atoms with Crippen molar-refractivity contribution < 1.29 is 14.3 Å². The first-order chi connectivity index (χ1) is 7.59. The summed E-state index contributed by atoms with van der Waals surface area (Å²) in [5.41, 5.74) is 0.538. The molecule has 2 aromatic rings. The van der Waals surface area contributed by atoms with Gasteiger partial charge in [-0.2, -0.15) is 0 Å². The van der Waals surface area contributed by atoms with Gasteiger partial charge < -0.3 is 9.52 Å². The fourth-order valence-corrected chi connectivity index (χ4v) is 1.30. The fraction of sp³-hybridized carbons (Fsp3) is 0.100. The molecule has 0 aliphatic rings. The number of aliphatic carboxylic acids is 1. The highest BCUT2D eigenvalue weighted by Gasteiger charge is 2.13. The lowest BCUT2D eigenvalue weighted by atomic mass is 10.3. The van der Waals surface area contributed by atoms with Crippen LogP contribution in [0.15, 0.2) is 39.7 Å². The summed E-state index contributed by atoms with van der Waals surface area (Å²) in [6.07, 6.45) is 1.50. The van der Waals surface area contributed by atoms with Crippen LogP contribution in [0.2, 0.25) is 0 Å². The number of carboxylic acid groups (broad SMARTS) is 1. The minimum absolute atomic E-state index is 0.101. The maximum atomic E-state index is 11.4. The van der Waals surface area contributed by atoms with Gasteiger partial charge >= 0.3 is 11.7 Å². The number of carboxylic acids is 1. The smallest absolute Gasteiger partial charge is 0.421 e. The van der Waals surface area contributed by atoms with Gasteiger partial charge in [-0.25, -0.2) is 14.6 Å². The molecular weight excluding hydrogens is 212 g/mol. The van der Waals surface area contributed by atoms with E-state index >= 15 is 0 Å². The van der Waals surface area contributed by atoms with Gasteiger partial charge in [0.25, 0.3) is 0 Å². The van der Waals surface area contributed by atoms with Gasteiger partial charge in [-0.05, 0) is 12.1 Å². The minimum atomic E-state index is -1.16. The lowest BCUT2D eigenvalue weighted by Crippen LogP contribution is -2.18. The standard InChI is InChI=1S/C10H8N2O4/c1-6(9(13)14)5-12-8-7(16-10(12)15)3-2-4-11-8/h2-4H,1,5H2,(H,13,14). The SMILES string of the molecule is C=C(Cn1c(=O)oc2cccnc21)C(=O)O. The van der Waals surface area contributed by atoms with Crippen LogP contribution in [-0.2, 0) is 11.3 Å². The number of fused-ring (bicyclic) bond motifs is 1. The Hall–Kier alpha value is -2.37. The lowest BCUT2D eigenvalue weighted by Gasteiger charge is -2.00. The van der Waals surface area contributed by atoms with Crippen LogP contribution in [-0.4, -0.2) is 20.6 Å². The van der Waals surface area contributed by atoms with Gasteiger partial charge in [-0.15, -0.1) is 0 Å². The highest BCUT2D eigenvalue weighted by Crippen LogP contribution is 2.09. The summed E-state index contributed by atoms with van der Waals surface area (Å²) >= 11 is 0. The Labute approximate surface area is 89.4 Å². The number of aromatic nitrogens is 2. The monoisotopic (exact) mass is 220 g/mol. The molecule has 16 heavy (non-hydrogen) atoms. The quantitative estimate of drug-likeness (QED) is 0.767. The van der Waals surface area contributed by atoms with Gasteiger partial charge in [-0.3, -0.25) is 4.57 Å². The van der Waals surface area contributed by atoms with E-state index < -0.39 is 11.7 Å². The van der Waals surface area contributed by atoms with Crippen molar-refractivity contribution in [2.45, 2.75) is 6.54 Å². The van der Waals surface area contributed by atoms with Crippen molar-refractivity contribution in [3.63, 3.8) is 0 Å². The van der Waals surface area contributed by atoms with E-state index in [9.17, 15) is 9.59 Å². The van der Waals surface area contributed by atoms with Crippen molar-refractivity contribution in [3.8, 4) is 0 Å². The molecule has 0 radical (unpaired) electrons. The van der Waals surface area contributed by atoms with Gasteiger partial charge in [0.15, 0.2) is 11.2 Å².